The SMILES string of the molecule is CC(C)Oc1ccccc1C1=CCN(CCCCn2ccn(C34CC5CC(CC(C5)C3)C4)c2=O)CC1.O=C(O)C(=O)O. The zero-order valence-corrected chi connectivity index (χ0v) is 24.9. The molecule has 0 amide bonds. The number of aromatic nitrogens is 2. The molecule has 2 N–H and O–H groups in total. The lowest BCUT2D eigenvalue weighted by atomic mass is 9.53. The molecule has 0 radical (unpaired) electrons. The highest BCUT2D eigenvalue weighted by Crippen LogP contribution is 2.58. The number of carboxylic acid groups (broad SMARTS) is 2. The van der Waals surface area contributed by atoms with Gasteiger partial charge in [-0.3, -0.25) is 14.0 Å². The third-order valence-electron chi connectivity index (χ3n) is 9.56. The van der Waals surface area contributed by atoms with Crippen LogP contribution in [0.2, 0.25) is 0 Å². The molecule has 1 aromatic carbocycles. The van der Waals surface area contributed by atoms with E-state index in [0.29, 0.717) is 0 Å². The van der Waals surface area contributed by atoms with Gasteiger partial charge in [0.25, 0.3) is 0 Å². The zero-order chi connectivity index (χ0) is 29.9. The Kier molecular flexibility index (Phi) is 9.25. The van der Waals surface area contributed by atoms with Gasteiger partial charge in [-0.2, -0.15) is 0 Å². The number of rotatable bonds is 9. The summed E-state index contributed by atoms with van der Waals surface area (Å²) in [7, 11) is 0. The van der Waals surface area contributed by atoms with Crippen LogP contribution in [0.1, 0.15) is 77.2 Å². The second-order valence-corrected chi connectivity index (χ2v) is 13.0. The molecule has 0 atom stereocenters. The summed E-state index contributed by atoms with van der Waals surface area (Å²) in [4.78, 5) is 34.1. The fourth-order valence-electron chi connectivity index (χ4n) is 8.17. The molecule has 228 valence electrons. The Bertz CT molecular complexity index is 1310. The summed E-state index contributed by atoms with van der Waals surface area (Å²) >= 11 is 0. The predicted molar refractivity (Wildman–Crippen MR) is 161 cm³/mol. The summed E-state index contributed by atoms with van der Waals surface area (Å²) in [6.07, 6.45) is 18.0. The Morgan fingerprint density at radius 3 is 2.14 bits per heavy atom. The van der Waals surface area contributed by atoms with E-state index in [4.69, 9.17) is 24.5 Å². The van der Waals surface area contributed by atoms with Crippen molar-refractivity contribution in [3.05, 3.63) is 58.8 Å². The third kappa shape index (κ3) is 6.83. The first-order valence-electron chi connectivity index (χ1n) is 15.6. The molecule has 9 heteroatoms. The third-order valence-corrected chi connectivity index (χ3v) is 9.56. The number of nitrogens with zero attached hydrogens (tertiary/aromatic N) is 3. The van der Waals surface area contributed by atoms with Gasteiger partial charge in [0.2, 0.25) is 0 Å². The normalized spacial score (nSPS) is 26.5. The van der Waals surface area contributed by atoms with Crippen LogP contribution in [0.4, 0.5) is 0 Å². The fraction of sp³-hybridized carbons (Fsp3) is 0.606. The van der Waals surface area contributed by atoms with E-state index in [1.807, 2.05) is 4.57 Å². The Balaban J connectivity index is 0.000000535. The van der Waals surface area contributed by atoms with Gasteiger partial charge in [-0.05, 0) is 108 Å². The summed E-state index contributed by atoms with van der Waals surface area (Å²) < 4.78 is 10.2. The highest BCUT2D eigenvalue weighted by atomic mass is 16.5. The van der Waals surface area contributed by atoms with E-state index in [9.17, 15) is 4.79 Å². The topological polar surface area (TPSA) is 114 Å². The summed E-state index contributed by atoms with van der Waals surface area (Å²) in [5, 5.41) is 14.8. The van der Waals surface area contributed by atoms with E-state index in [1.54, 1.807) is 0 Å². The molecule has 2 heterocycles. The molecule has 5 aliphatic rings. The number of unbranched alkanes of at least 4 members (excludes halogenated alkanes) is 1. The second kappa shape index (κ2) is 12.9. The molecule has 4 fully saturated rings. The molecule has 1 aromatic heterocycles. The molecule has 0 saturated heterocycles. The predicted octanol–water partition coefficient (Wildman–Crippen LogP) is 5.09. The lowest BCUT2D eigenvalue weighted by Crippen LogP contribution is -2.54. The van der Waals surface area contributed by atoms with E-state index in [0.717, 1.165) is 68.9 Å². The number of carbonyl (C=O) groups is 2. The standard InChI is InChI=1S/C31H43N3O2.C2H2O4/c1-23(2)36-29-8-4-3-7-28(29)27-9-13-32(14-10-27)11-5-6-12-33-15-16-34(30(33)35)31-20-24-17-25(21-31)19-26(18-24)22-31;3-1(4)2(5)6/h3-4,7-9,15-16,23-26H,5-6,10-14,17-22H2,1-2H3;(H,3,4)(H,5,6). The minimum Gasteiger partial charge on any atom is -0.490 e. The lowest BCUT2D eigenvalue weighted by Gasteiger charge is -2.56. The Hall–Kier alpha value is -3.33. The van der Waals surface area contributed by atoms with Crippen LogP contribution in [0.3, 0.4) is 0 Å². The van der Waals surface area contributed by atoms with Gasteiger partial charge in [-0.15, -0.1) is 0 Å². The maximum absolute atomic E-state index is 13.3. The van der Waals surface area contributed by atoms with Gasteiger partial charge in [-0.1, -0.05) is 24.3 Å². The lowest BCUT2D eigenvalue weighted by molar-refractivity contribution is -0.159. The molecular weight excluding hydrogens is 534 g/mol. The van der Waals surface area contributed by atoms with Gasteiger partial charge in [-0.25, -0.2) is 14.4 Å². The van der Waals surface area contributed by atoms with Crippen LogP contribution < -0.4 is 10.4 Å². The first-order chi connectivity index (χ1) is 20.1. The summed E-state index contributed by atoms with van der Waals surface area (Å²) in [5.74, 6) is -0.0615. The zero-order valence-electron chi connectivity index (χ0n) is 24.9. The molecule has 4 aliphatic carbocycles. The van der Waals surface area contributed by atoms with Crippen LogP contribution >= 0.6 is 0 Å². The summed E-state index contributed by atoms with van der Waals surface area (Å²) in [6, 6.07) is 8.43. The van der Waals surface area contributed by atoms with Crippen molar-refractivity contribution in [2.24, 2.45) is 17.8 Å². The van der Waals surface area contributed by atoms with Crippen LogP contribution in [0.5, 0.6) is 5.75 Å². The number of hydrogen-bond donors (Lipinski definition) is 2. The van der Waals surface area contributed by atoms with Crippen LogP contribution in [0.25, 0.3) is 5.57 Å². The molecule has 0 spiro atoms. The van der Waals surface area contributed by atoms with Crippen LogP contribution in [-0.2, 0) is 21.7 Å². The number of benzene rings is 1. The Labute approximate surface area is 247 Å². The summed E-state index contributed by atoms with van der Waals surface area (Å²) in [6.45, 7) is 8.18. The Morgan fingerprint density at radius 1 is 0.952 bits per heavy atom. The van der Waals surface area contributed by atoms with Crippen LogP contribution in [0, 0.1) is 17.8 Å². The maximum atomic E-state index is 13.3. The number of imidazole rings is 1. The summed E-state index contributed by atoms with van der Waals surface area (Å²) in [5.41, 5.74) is 3.02. The number of aliphatic carboxylic acids is 2. The largest absolute Gasteiger partial charge is 0.490 e. The molecule has 4 saturated carbocycles. The van der Waals surface area contributed by atoms with Gasteiger partial charge in [0.1, 0.15) is 5.75 Å². The van der Waals surface area contributed by atoms with E-state index in [-0.39, 0.29) is 17.3 Å². The van der Waals surface area contributed by atoms with Crippen molar-refractivity contribution in [2.45, 2.75) is 89.8 Å². The highest BCUT2D eigenvalue weighted by Gasteiger charge is 2.52. The molecule has 42 heavy (non-hydrogen) atoms. The van der Waals surface area contributed by atoms with Crippen molar-refractivity contribution in [1.82, 2.24) is 14.0 Å². The van der Waals surface area contributed by atoms with Gasteiger partial charge in [0.05, 0.1) is 6.10 Å². The van der Waals surface area contributed by atoms with Crippen molar-refractivity contribution >= 4 is 17.5 Å². The van der Waals surface area contributed by atoms with Gasteiger partial charge < -0.3 is 14.9 Å². The highest BCUT2D eigenvalue weighted by molar-refractivity contribution is 6.27. The second-order valence-electron chi connectivity index (χ2n) is 13.0. The van der Waals surface area contributed by atoms with Gasteiger partial charge >= 0.3 is 17.6 Å². The maximum Gasteiger partial charge on any atom is 0.414 e. The number of aryl methyl sites for hydroxylation is 1. The fourth-order valence-corrected chi connectivity index (χ4v) is 8.17. The molecule has 2 aromatic rings. The Morgan fingerprint density at radius 2 is 1.57 bits per heavy atom. The number of ether oxygens (including phenoxy) is 1. The number of hydrogen-bond acceptors (Lipinski definition) is 5. The van der Waals surface area contributed by atoms with Crippen molar-refractivity contribution in [2.75, 3.05) is 19.6 Å². The quantitative estimate of drug-likeness (QED) is 0.314. The molecular formula is C33H45N3O6. The first kappa shape index (κ1) is 30.1. The molecule has 1 aliphatic heterocycles. The van der Waals surface area contributed by atoms with Crippen molar-refractivity contribution in [1.29, 1.82) is 0 Å². The van der Waals surface area contributed by atoms with E-state index >= 15 is 0 Å². The smallest absolute Gasteiger partial charge is 0.414 e. The average molecular weight is 580 g/mol. The first-order valence-corrected chi connectivity index (χ1v) is 15.6. The number of carboxylic acids is 2. The monoisotopic (exact) mass is 579 g/mol. The van der Waals surface area contributed by atoms with E-state index in [2.05, 4.69) is 66.0 Å². The minimum atomic E-state index is -1.82. The van der Waals surface area contributed by atoms with Crippen molar-refractivity contribution < 1.29 is 24.5 Å². The molecule has 9 nitrogen and oxygen atoms in total. The minimum absolute atomic E-state index is 0.133. The van der Waals surface area contributed by atoms with Crippen LogP contribution in [0.15, 0.2) is 47.5 Å². The van der Waals surface area contributed by atoms with E-state index < -0.39 is 11.9 Å². The molecule has 0 unspecified atom stereocenters. The van der Waals surface area contributed by atoms with Gasteiger partial charge in [0.15, 0.2) is 0 Å². The number of para-hydroxylation sites is 1. The van der Waals surface area contributed by atoms with Crippen molar-refractivity contribution in [3.8, 4) is 5.75 Å². The van der Waals surface area contributed by atoms with E-state index in [1.165, 1.54) is 49.7 Å². The molecule has 4 bridgehead atoms. The van der Waals surface area contributed by atoms with Crippen LogP contribution in [-0.4, -0.2) is 61.9 Å². The average Bonchev–Trinajstić information content (AvgIpc) is 3.32. The molecule has 7 rings (SSSR count). The van der Waals surface area contributed by atoms with Gasteiger partial charge in [0, 0.05) is 43.1 Å². The van der Waals surface area contributed by atoms with Crippen molar-refractivity contribution in [3.63, 3.8) is 0 Å².